The van der Waals surface area contributed by atoms with Gasteiger partial charge in [-0.2, -0.15) is 8.42 Å². The fraction of sp³-hybridized carbons (Fsp3) is 0.750. The topological polar surface area (TPSA) is 60.4 Å². The summed E-state index contributed by atoms with van der Waals surface area (Å²) in [7, 11) is -5.48. The second kappa shape index (κ2) is 3.74. The molecule has 0 aliphatic rings. The molecule has 0 heterocycles. The molecule has 0 aromatic rings. The largest absolute Gasteiger partial charge is 0.491 e. The summed E-state index contributed by atoms with van der Waals surface area (Å²) in [6, 6.07) is 0. The quantitative estimate of drug-likeness (QED) is 0.636. The van der Waals surface area contributed by atoms with Gasteiger partial charge in [0.1, 0.15) is 5.92 Å². The Morgan fingerprint density at radius 2 is 1.83 bits per heavy atom. The third-order valence-electron chi connectivity index (χ3n) is 0.931. The molecule has 0 radical (unpaired) electrons. The van der Waals surface area contributed by atoms with E-state index in [2.05, 4.69) is 4.18 Å². The van der Waals surface area contributed by atoms with E-state index in [0.717, 1.165) is 6.92 Å². The summed E-state index contributed by atoms with van der Waals surface area (Å²) < 4.78 is 57.1. The predicted molar refractivity (Wildman–Crippen MR) is 31.3 cm³/mol. The standard InChI is InChI=1S/C4H5F3O4S/c1-2(3(5)6)4(8)11-12(7,9)10/h2-3H,1H3. The van der Waals surface area contributed by atoms with Crippen molar-refractivity contribution in [1.82, 2.24) is 0 Å². The molecule has 1 unspecified atom stereocenters. The van der Waals surface area contributed by atoms with Crippen LogP contribution in [0.25, 0.3) is 0 Å². The molecule has 0 aliphatic carbocycles. The number of hydrogen-bond donors (Lipinski definition) is 0. The summed E-state index contributed by atoms with van der Waals surface area (Å²) in [6.45, 7) is 0.720. The molecule has 0 amide bonds. The van der Waals surface area contributed by atoms with Crippen molar-refractivity contribution in [3.63, 3.8) is 0 Å². The first-order chi connectivity index (χ1) is 5.24. The summed E-state index contributed by atoms with van der Waals surface area (Å²) in [4.78, 5) is 10.3. The summed E-state index contributed by atoms with van der Waals surface area (Å²) in [5, 5.41) is 0. The smallest absolute Gasteiger partial charge is 0.321 e. The Labute approximate surface area is 66.7 Å². The Hall–Kier alpha value is -0.790. The third-order valence-corrected chi connectivity index (χ3v) is 1.29. The number of carbonyl (C=O) groups excluding carboxylic acids is 1. The second-order valence-corrected chi connectivity index (χ2v) is 2.87. The Kier molecular flexibility index (Phi) is 3.50. The molecule has 8 heteroatoms. The van der Waals surface area contributed by atoms with Crippen molar-refractivity contribution in [2.75, 3.05) is 0 Å². The summed E-state index contributed by atoms with van der Waals surface area (Å²) in [5.41, 5.74) is 0. The van der Waals surface area contributed by atoms with E-state index in [-0.39, 0.29) is 0 Å². The third kappa shape index (κ3) is 4.16. The number of rotatable bonds is 3. The average Bonchev–Trinajstić information content (AvgIpc) is 1.82. The SMILES string of the molecule is CC(C(=O)OS(=O)(=O)F)C(F)F. The molecule has 0 fully saturated rings. The highest BCUT2D eigenvalue weighted by molar-refractivity contribution is 7.81. The Morgan fingerprint density at radius 1 is 1.42 bits per heavy atom. The molecule has 0 aromatic heterocycles. The van der Waals surface area contributed by atoms with E-state index in [1.165, 1.54) is 0 Å². The van der Waals surface area contributed by atoms with E-state index in [4.69, 9.17) is 0 Å². The molecule has 0 saturated heterocycles. The van der Waals surface area contributed by atoms with Gasteiger partial charge in [-0.25, -0.2) is 8.78 Å². The lowest BCUT2D eigenvalue weighted by atomic mass is 10.2. The Bertz CT molecular complexity index is 259. The fourth-order valence-corrected chi connectivity index (χ4v) is 0.625. The molecule has 0 rings (SSSR count). The van der Waals surface area contributed by atoms with Gasteiger partial charge < -0.3 is 4.18 Å². The molecule has 0 bridgehead atoms. The average molecular weight is 206 g/mol. The Morgan fingerprint density at radius 3 is 2.08 bits per heavy atom. The number of halogens is 3. The number of hydrogen-bond acceptors (Lipinski definition) is 4. The van der Waals surface area contributed by atoms with Gasteiger partial charge in [0.05, 0.1) is 0 Å². The first kappa shape index (κ1) is 11.2. The minimum atomic E-state index is -5.48. The van der Waals surface area contributed by atoms with Crippen LogP contribution in [0.3, 0.4) is 0 Å². The molecular weight excluding hydrogens is 201 g/mol. The number of alkyl halides is 2. The van der Waals surface area contributed by atoms with Gasteiger partial charge in [-0.1, -0.05) is 3.89 Å². The van der Waals surface area contributed by atoms with Gasteiger partial charge in [0.2, 0.25) is 0 Å². The van der Waals surface area contributed by atoms with Crippen molar-refractivity contribution >= 4 is 16.5 Å². The molecular formula is C4H5F3O4S. The van der Waals surface area contributed by atoms with Crippen LogP contribution < -0.4 is 0 Å². The first-order valence-corrected chi connectivity index (χ1v) is 4.01. The zero-order chi connectivity index (χ0) is 9.94. The fourth-order valence-electron chi connectivity index (χ4n) is 0.277. The molecule has 0 spiro atoms. The molecule has 0 aromatic carbocycles. The van der Waals surface area contributed by atoms with Crippen molar-refractivity contribution in [3.05, 3.63) is 0 Å². The molecule has 1 atom stereocenters. The van der Waals surface area contributed by atoms with Crippen LogP contribution in [0.1, 0.15) is 6.92 Å². The van der Waals surface area contributed by atoms with E-state index < -0.39 is 28.8 Å². The van der Waals surface area contributed by atoms with Crippen LogP contribution in [-0.4, -0.2) is 20.8 Å². The van der Waals surface area contributed by atoms with E-state index in [1.807, 2.05) is 0 Å². The molecule has 4 nitrogen and oxygen atoms in total. The van der Waals surface area contributed by atoms with Gasteiger partial charge in [-0.05, 0) is 6.92 Å². The van der Waals surface area contributed by atoms with E-state index in [1.54, 1.807) is 0 Å². The minimum absolute atomic E-state index is 0.720. The maximum absolute atomic E-state index is 11.6. The highest BCUT2D eigenvalue weighted by Crippen LogP contribution is 2.12. The van der Waals surface area contributed by atoms with E-state index in [9.17, 15) is 25.9 Å². The maximum atomic E-state index is 11.6. The van der Waals surface area contributed by atoms with Crippen molar-refractivity contribution in [2.45, 2.75) is 13.3 Å². The minimum Gasteiger partial charge on any atom is -0.321 e. The monoisotopic (exact) mass is 206 g/mol. The first-order valence-electron chi connectivity index (χ1n) is 2.70. The predicted octanol–water partition coefficient (Wildman–Crippen LogP) is 0.645. The second-order valence-electron chi connectivity index (χ2n) is 1.92. The zero-order valence-corrected chi connectivity index (χ0v) is 6.65. The highest BCUT2D eigenvalue weighted by Gasteiger charge is 2.28. The van der Waals surface area contributed by atoms with Crippen LogP contribution >= 0.6 is 0 Å². The molecule has 0 N–H and O–H groups in total. The van der Waals surface area contributed by atoms with Gasteiger partial charge in [-0.15, -0.1) is 0 Å². The molecule has 72 valence electrons. The van der Waals surface area contributed by atoms with Crippen LogP contribution in [0, 0.1) is 5.92 Å². The molecule has 0 saturated carbocycles. The van der Waals surface area contributed by atoms with Gasteiger partial charge in [0, 0.05) is 0 Å². The van der Waals surface area contributed by atoms with Crippen LogP contribution in [-0.2, 0) is 19.5 Å². The Balaban J connectivity index is 4.25. The summed E-state index contributed by atoms with van der Waals surface area (Å²) in [6.07, 6.45) is -3.08. The highest BCUT2D eigenvalue weighted by atomic mass is 32.3. The zero-order valence-electron chi connectivity index (χ0n) is 5.83. The van der Waals surface area contributed by atoms with Gasteiger partial charge >= 0.3 is 16.5 Å². The van der Waals surface area contributed by atoms with Crippen molar-refractivity contribution < 1.29 is 30.1 Å². The lowest BCUT2D eigenvalue weighted by Crippen LogP contribution is -2.22. The molecule has 12 heavy (non-hydrogen) atoms. The van der Waals surface area contributed by atoms with Crippen LogP contribution in [0.15, 0.2) is 0 Å². The number of carbonyl (C=O) groups is 1. The van der Waals surface area contributed by atoms with Crippen LogP contribution in [0.4, 0.5) is 12.7 Å². The van der Waals surface area contributed by atoms with Crippen molar-refractivity contribution in [2.24, 2.45) is 5.92 Å². The lowest BCUT2D eigenvalue weighted by Gasteiger charge is -2.05. The van der Waals surface area contributed by atoms with Gasteiger partial charge in [0.15, 0.2) is 0 Å². The van der Waals surface area contributed by atoms with Crippen molar-refractivity contribution in [1.29, 1.82) is 0 Å². The normalized spacial score (nSPS) is 14.4. The van der Waals surface area contributed by atoms with E-state index in [0.29, 0.717) is 0 Å². The van der Waals surface area contributed by atoms with Crippen molar-refractivity contribution in [3.8, 4) is 0 Å². The van der Waals surface area contributed by atoms with Gasteiger partial charge in [-0.3, -0.25) is 4.79 Å². The van der Waals surface area contributed by atoms with Gasteiger partial charge in [0.25, 0.3) is 6.43 Å². The molecule has 0 aliphatic heterocycles. The lowest BCUT2D eigenvalue weighted by molar-refractivity contribution is -0.142. The maximum Gasteiger partial charge on any atom is 0.491 e. The van der Waals surface area contributed by atoms with Crippen LogP contribution in [0.5, 0.6) is 0 Å². The summed E-state index contributed by atoms with van der Waals surface area (Å²) >= 11 is 0. The summed E-state index contributed by atoms with van der Waals surface area (Å²) in [5.74, 6) is -3.77. The van der Waals surface area contributed by atoms with Crippen LogP contribution in [0.2, 0.25) is 0 Å². The van der Waals surface area contributed by atoms with E-state index >= 15 is 0 Å².